The fourth-order valence-corrected chi connectivity index (χ4v) is 10.6. The van der Waals surface area contributed by atoms with Crippen molar-refractivity contribution in [2.75, 3.05) is 0 Å². The fraction of sp³-hybridized carbons (Fsp3) is 0.0556. The smallest absolute Gasteiger partial charge is 0.164 e. The molecular formula is C54H38BrN5S2. The Morgan fingerprint density at radius 3 is 1.69 bits per heavy atom. The van der Waals surface area contributed by atoms with Gasteiger partial charge in [0.1, 0.15) is 0 Å². The van der Waals surface area contributed by atoms with E-state index >= 15 is 0 Å². The molecule has 0 saturated heterocycles. The lowest BCUT2D eigenvalue weighted by atomic mass is 10.0. The highest BCUT2D eigenvalue weighted by atomic mass is 79.9. The number of halogens is 1. The van der Waals surface area contributed by atoms with Crippen LogP contribution in [0.1, 0.15) is 24.3 Å². The summed E-state index contributed by atoms with van der Waals surface area (Å²) in [6.45, 7) is 4.00. The molecule has 5 nitrogen and oxygen atoms in total. The normalized spacial score (nSPS) is 11.7. The maximum absolute atomic E-state index is 5.07. The van der Waals surface area contributed by atoms with Gasteiger partial charge in [0.25, 0.3) is 0 Å². The maximum Gasteiger partial charge on any atom is 0.164 e. The molecule has 0 amide bonds. The quantitative estimate of drug-likeness (QED) is 0.172. The van der Waals surface area contributed by atoms with E-state index in [2.05, 4.69) is 125 Å². The molecule has 0 radical (unpaired) electrons. The number of nitrogens with zero attached hydrogens (tertiary/aromatic N) is 5. The summed E-state index contributed by atoms with van der Waals surface area (Å²) in [7, 11) is 0. The molecule has 0 unspecified atom stereocenters. The van der Waals surface area contributed by atoms with E-state index in [1.807, 2.05) is 98.0 Å². The van der Waals surface area contributed by atoms with E-state index in [-0.39, 0.29) is 0 Å². The van der Waals surface area contributed by atoms with E-state index in [1.54, 1.807) is 11.3 Å². The van der Waals surface area contributed by atoms with Gasteiger partial charge < -0.3 is 0 Å². The van der Waals surface area contributed by atoms with E-state index in [9.17, 15) is 0 Å². The van der Waals surface area contributed by atoms with Crippen molar-refractivity contribution in [2.24, 2.45) is 0 Å². The van der Waals surface area contributed by atoms with Gasteiger partial charge in [-0.2, -0.15) is 0 Å². The second-order valence-electron chi connectivity index (χ2n) is 14.5. The van der Waals surface area contributed by atoms with Crippen molar-refractivity contribution in [3.63, 3.8) is 0 Å². The van der Waals surface area contributed by atoms with Gasteiger partial charge in [-0.1, -0.05) is 169 Å². The average molecular weight is 901 g/mol. The zero-order valence-corrected chi connectivity index (χ0v) is 37.2. The highest BCUT2D eigenvalue weighted by Gasteiger charge is 2.20. The van der Waals surface area contributed by atoms with Crippen molar-refractivity contribution in [2.45, 2.75) is 20.3 Å². The highest BCUT2D eigenvalue weighted by molar-refractivity contribution is 9.10. The number of allylic oxidation sites excluding steroid dienone is 1. The third-order valence-electron chi connectivity index (χ3n) is 10.7. The van der Waals surface area contributed by atoms with Crippen LogP contribution >= 0.6 is 38.6 Å². The third-order valence-corrected chi connectivity index (χ3v) is 13.5. The molecule has 0 aliphatic heterocycles. The third kappa shape index (κ3) is 7.51. The van der Waals surface area contributed by atoms with Gasteiger partial charge in [0.05, 0.1) is 11.2 Å². The lowest BCUT2D eigenvalue weighted by molar-refractivity contribution is 1.08. The first-order valence-corrected chi connectivity index (χ1v) is 23.1. The molecule has 0 fully saturated rings. The fourth-order valence-electron chi connectivity index (χ4n) is 7.97. The predicted octanol–water partition coefficient (Wildman–Crippen LogP) is 15.8. The molecule has 298 valence electrons. The van der Waals surface area contributed by atoms with Crippen LogP contribution in [0.5, 0.6) is 0 Å². The van der Waals surface area contributed by atoms with Crippen LogP contribution in [-0.2, 0) is 6.42 Å². The second kappa shape index (κ2) is 17.3. The molecule has 62 heavy (non-hydrogen) atoms. The number of benzene rings is 7. The van der Waals surface area contributed by atoms with Crippen LogP contribution < -0.4 is 0 Å². The van der Waals surface area contributed by atoms with E-state index in [0.717, 1.165) is 61.1 Å². The van der Waals surface area contributed by atoms with Crippen LogP contribution in [-0.4, -0.2) is 24.9 Å². The topological polar surface area (TPSA) is 64.5 Å². The summed E-state index contributed by atoms with van der Waals surface area (Å²) in [5.41, 5.74) is 8.58. The van der Waals surface area contributed by atoms with Crippen molar-refractivity contribution < 1.29 is 0 Å². The largest absolute Gasteiger partial charge is 0.228 e. The minimum absolute atomic E-state index is 0.673. The number of thiophene rings is 2. The molecule has 0 atom stereocenters. The van der Waals surface area contributed by atoms with Crippen LogP contribution in [0.4, 0.5) is 0 Å². The lowest BCUT2D eigenvalue weighted by Crippen LogP contribution is -2.00. The lowest BCUT2D eigenvalue weighted by Gasteiger charge is -2.10. The van der Waals surface area contributed by atoms with Crippen LogP contribution in [0.25, 0.3) is 104 Å². The first-order chi connectivity index (χ1) is 30.6. The van der Waals surface area contributed by atoms with E-state index in [1.165, 1.54) is 40.7 Å². The van der Waals surface area contributed by atoms with E-state index < -0.39 is 0 Å². The number of aromatic nitrogens is 5. The van der Waals surface area contributed by atoms with Crippen molar-refractivity contribution in [1.29, 1.82) is 0 Å². The maximum atomic E-state index is 5.07. The summed E-state index contributed by atoms with van der Waals surface area (Å²) in [5, 5.41) is 4.78. The van der Waals surface area contributed by atoms with E-state index in [4.69, 9.17) is 24.9 Å². The minimum atomic E-state index is 0.673. The Bertz CT molecular complexity index is 3360. The molecule has 0 spiro atoms. The Labute approximate surface area is 376 Å². The summed E-state index contributed by atoms with van der Waals surface area (Å²) in [4.78, 5) is 26.1. The first-order valence-electron chi connectivity index (χ1n) is 20.7. The summed E-state index contributed by atoms with van der Waals surface area (Å²) >= 11 is 7.28. The Balaban J connectivity index is 0.000000143. The Hall–Kier alpha value is -6.71. The SMILES string of the molecule is Brc1ccc2sc3cccc(-c4nc(-c5ccccc5)nc(-c5ccccc5)n4)c3c2c1.C1=Cc2sc3cccc(-c4nc(-c5ccccc5)c5ccccc5n4)c3c2C1.CC. The molecule has 12 rings (SSSR count). The second-order valence-corrected chi connectivity index (χ2v) is 17.6. The Morgan fingerprint density at radius 1 is 0.452 bits per heavy atom. The highest BCUT2D eigenvalue weighted by Crippen LogP contribution is 2.43. The monoisotopic (exact) mass is 899 g/mol. The summed E-state index contributed by atoms with van der Waals surface area (Å²) in [5.74, 6) is 2.83. The molecular weight excluding hydrogens is 863 g/mol. The zero-order valence-electron chi connectivity index (χ0n) is 34.0. The molecule has 11 aromatic rings. The molecule has 0 saturated carbocycles. The van der Waals surface area contributed by atoms with Crippen molar-refractivity contribution >= 4 is 85.8 Å². The number of hydrogen-bond acceptors (Lipinski definition) is 7. The van der Waals surface area contributed by atoms with Gasteiger partial charge >= 0.3 is 0 Å². The van der Waals surface area contributed by atoms with Crippen LogP contribution in [0.15, 0.2) is 180 Å². The van der Waals surface area contributed by atoms with Crippen LogP contribution in [0.3, 0.4) is 0 Å². The molecule has 8 heteroatoms. The number of fused-ring (bicyclic) bond motifs is 7. The number of rotatable bonds is 5. The molecule has 1 aliphatic carbocycles. The van der Waals surface area contributed by atoms with Crippen LogP contribution in [0.2, 0.25) is 0 Å². The molecule has 4 aromatic heterocycles. The Kier molecular flexibility index (Phi) is 11.0. The standard InChI is InChI=1S/C27H16BrN3S.C25H16N2S.C2H6/c28-19-14-15-22-21(16-19)24-20(12-7-13-23(24)32-22)27-30-25(17-8-3-1-4-9-17)29-26(31-27)18-10-5-2-6-11-18;1-2-8-16(9-3-1)24-17-10-4-5-13-20(17)26-25(27-24)19-12-7-15-22-23(19)18-11-6-14-21(18)28-22;1-2/h1-16H;1-10,12-15H,11H2;1-2H3. The molecule has 4 heterocycles. The predicted molar refractivity (Wildman–Crippen MR) is 267 cm³/mol. The van der Waals surface area contributed by atoms with Gasteiger partial charge in [-0.25, -0.2) is 24.9 Å². The van der Waals surface area contributed by atoms with Gasteiger partial charge in [-0.15, -0.1) is 22.7 Å². The van der Waals surface area contributed by atoms with Gasteiger partial charge in [0.2, 0.25) is 0 Å². The first kappa shape index (κ1) is 39.4. The van der Waals surface area contributed by atoms with Crippen molar-refractivity contribution in [3.05, 3.63) is 191 Å². The minimum Gasteiger partial charge on any atom is -0.228 e. The zero-order chi connectivity index (χ0) is 42.0. The summed E-state index contributed by atoms with van der Waals surface area (Å²) < 4.78 is 4.84. The van der Waals surface area contributed by atoms with Gasteiger partial charge in [0, 0.05) is 72.8 Å². The van der Waals surface area contributed by atoms with Gasteiger partial charge in [-0.05, 0) is 54.5 Å². The molecule has 7 aromatic carbocycles. The number of hydrogen-bond donors (Lipinski definition) is 0. The van der Waals surface area contributed by atoms with E-state index in [0.29, 0.717) is 17.5 Å². The van der Waals surface area contributed by atoms with Crippen LogP contribution in [0, 0.1) is 0 Å². The average Bonchev–Trinajstić information content (AvgIpc) is 4.06. The number of para-hydroxylation sites is 1. The van der Waals surface area contributed by atoms with Gasteiger partial charge in [0.15, 0.2) is 23.3 Å². The van der Waals surface area contributed by atoms with Crippen molar-refractivity contribution in [3.8, 4) is 56.8 Å². The molecule has 1 aliphatic rings. The summed E-state index contributed by atoms with van der Waals surface area (Å²) in [6, 6.07) is 58.1. The molecule has 0 N–H and O–H groups in total. The summed E-state index contributed by atoms with van der Waals surface area (Å²) in [6.07, 6.45) is 5.47. The van der Waals surface area contributed by atoms with Crippen molar-refractivity contribution in [1.82, 2.24) is 24.9 Å². The Morgan fingerprint density at radius 2 is 1.02 bits per heavy atom. The molecule has 0 bridgehead atoms. The van der Waals surface area contributed by atoms with Gasteiger partial charge in [-0.3, -0.25) is 0 Å².